The number of rotatable bonds is 8. The molecule has 0 saturated carbocycles. The van der Waals surface area contributed by atoms with Crippen LogP contribution in [-0.2, 0) is 23.6 Å². The molecule has 12 heteroatoms. The molecule has 0 bridgehead atoms. The highest BCUT2D eigenvalue weighted by Crippen LogP contribution is 2.44. The predicted octanol–water partition coefficient (Wildman–Crippen LogP) is 13.3. The number of aliphatic hydroxyl groups is 2. The zero-order valence-corrected chi connectivity index (χ0v) is 32.9. The van der Waals surface area contributed by atoms with E-state index in [-0.39, 0.29) is 17.0 Å². The molecule has 3 N–H and O–H groups in total. The van der Waals surface area contributed by atoms with Crippen LogP contribution in [0.15, 0.2) is 146 Å². The summed E-state index contributed by atoms with van der Waals surface area (Å²) in [5.74, 6) is -0.371. The number of fused-ring (bicyclic) bond motifs is 2. The highest BCUT2D eigenvalue weighted by atomic mass is 32.1. The molecule has 0 fully saturated rings. The van der Waals surface area contributed by atoms with E-state index < -0.39 is 34.7 Å². The molecular formula is C47H33F6NO3S2. The van der Waals surface area contributed by atoms with E-state index in [2.05, 4.69) is 5.32 Å². The van der Waals surface area contributed by atoms with E-state index in [1.54, 1.807) is 42.5 Å². The maximum Gasteiger partial charge on any atom is 0.416 e. The van der Waals surface area contributed by atoms with Gasteiger partial charge in [-0.25, -0.2) is 0 Å². The van der Waals surface area contributed by atoms with Crippen molar-refractivity contribution in [3.8, 4) is 22.3 Å². The topological polar surface area (TPSA) is 69.6 Å². The Balaban J connectivity index is 1.06. The Morgan fingerprint density at radius 1 is 0.508 bits per heavy atom. The molecule has 298 valence electrons. The standard InChI is InChI=1S/C47H33F6NO3S2/c1-44(56,32-14-7-16-34(25-32)46(48,49)50)39-23-29-11-5-19-37(41(29)58-39)27-9-3-13-31(21-27)43(55)54-36-18-4-10-28(22-36)38-20-6-12-30-24-40(59-42(30)38)45(2,57)33-15-8-17-35(26-33)47(51,52)53/h3-26,56-57H,1-2H3,(H,54,55). The highest BCUT2D eigenvalue weighted by molar-refractivity contribution is 7.20. The number of halogens is 6. The normalized spacial score (nSPS) is 14.3. The lowest BCUT2D eigenvalue weighted by Gasteiger charge is -2.23. The molecule has 8 aromatic rings. The minimum Gasteiger partial charge on any atom is -0.380 e. The zero-order valence-electron chi connectivity index (χ0n) is 31.2. The number of carbonyl (C=O) groups is 1. The van der Waals surface area contributed by atoms with Gasteiger partial charge in [0.15, 0.2) is 0 Å². The van der Waals surface area contributed by atoms with Gasteiger partial charge >= 0.3 is 12.4 Å². The average Bonchev–Trinajstić information content (AvgIpc) is 3.87. The Morgan fingerprint density at radius 2 is 0.932 bits per heavy atom. The Labute approximate surface area is 342 Å². The van der Waals surface area contributed by atoms with Gasteiger partial charge in [0.05, 0.1) is 11.1 Å². The fourth-order valence-corrected chi connectivity index (χ4v) is 9.66. The van der Waals surface area contributed by atoms with Crippen molar-refractivity contribution in [2.24, 2.45) is 0 Å². The predicted molar refractivity (Wildman–Crippen MR) is 223 cm³/mol. The van der Waals surface area contributed by atoms with E-state index in [4.69, 9.17) is 0 Å². The molecule has 8 rings (SSSR count). The van der Waals surface area contributed by atoms with Crippen molar-refractivity contribution in [3.05, 3.63) is 183 Å². The lowest BCUT2D eigenvalue weighted by molar-refractivity contribution is -0.138. The van der Waals surface area contributed by atoms with Gasteiger partial charge in [0, 0.05) is 30.4 Å². The van der Waals surface area contributed by atoms with Crippen LogP contribution in [-0.4, -0.2) is 16.1 Å². The summed E-state index contributed by atoms with van der Waals surface area (Å²) in [4.78, 5) is 14.7. The molecule has 0 radical (unpaired) electrons. The first-order valence-electron chi connectivity index (χ1n) is 18.3. The molecule has 0 spiro atoms. The molecule has 2 aromatic heterocycles. The molecule has 59 heavy (non-hydrogen) atoms. The van der Waals surface area contributed by atoms with Crippen LogP contribution < -0.4 is 5.32 Å². The highest BCUT2D eigenvalue weighted by Gasteiger charge is 2.36. The van der Waals surface area contributed by atoms with Gasteiger partial charge in [-0.2, -0.15) is 26.3 Å². The summed E-state index contributed by atoms with van der Waals surface area (Å²) >= 11 is 2.55. The van der Waals surface area contributed by atoms with Crippen LogP contribution in [0, 0.1) is 0 Å². The maximum absolute atomic E-state index is 13.7. The van der Waals surface area contributed by atoms with Crippen molar-refractivity contribution in [2.45, 2.75) is 37.4 Å². The van der Waals surface area contributed by atoms with Crippen LogP contribution in [0.3, 0.4) is 0 Å². The number of thiophene rings is 2. The van der Waals surface area contributed by atoms with Crippen molar-refractivity contribution in [2.75, 3.05) is 5.32 Å². The molecule has 1 amide bonds. The molecular weight excluding hydrogens is 805 g/mol. The second kappa shape index (κ2) is 14.8. The molecule has 2 heterocycles. The molecule has 2 atom stereocenters. The van der Waals surface area contributed by atoms with Crippen LogP contribution in [0.25, 0.3) is 42.4 Å². The number of benzene rings is 6. The van der Waals surface area contributed by atoms with Gasteiger partial charge in [-0.15, -0.1) is 22.7 Å². The Kier molecular flexibility index (Phi) is 10.0. The summed E-state index contributed by atoms with van der Waals surface area (Å²) in [6.45, 7) is 2.95. The van der Waals surface area contributed by atoms with Crippen LogP contribution in [0.4, 0.5) is 32.0 Å². The largest absolute Gasteiger partial charge is 0.416 e. The first kappa shape index (κ1) is 40.0. The summed E-state index contributed by atoms with van der Waals surface area (Å²) in [6.07, 6.45) is -9.12. The number of alkyl halides is 6. The van der Waals surface area contributed by atoms with Gasteiger partial charge in [-0.3, -0.25) is 4.79 Å². The second-order valence-corrected chi connectivity index (χ2v) is 16.7. The fourth-order valence-electron chi connectivity index (χ4n) is 7.14. The Bertz CT molecular complexity index is 2890. The average molecular weight is 838 g/mol. The van der Waals surface area contributed by atoms with E-state index in [1.165, 1.54) is 60.8 Å². The lowest BCUT2D eigenvalue weighted by atomic mass is 9.92. The van der Waals surface area contributed by atoms with Crippen molar-refractivity contribution in [3.63, 3.8) is 0 Å². The lowest BCUT2D eigenvalue weighted by Crippen LogP contribution is -2.22. The van der Waals surface area contributed by atoms with Crippen molar-refractivity contribution in [1.82, 2.24) is 0 Å². The van der Waals surface area contributed by atoms with Crippen molar-refractivity contribution in [1.29, 1.82) is 0 Å². The van der Waals surface area contributed by atoms with E-state index in [0.717, 1.165) is 66.7 Å². The van der Waals surface area contributed by atoms with Gasteiger partial charge in [0.25, 0.3) is 5.91 Å². The van der Waals surface area contributed by atoms with Gasteiger partial charge < -0.3 is 15.5 Å². The third-order valence-corrected chi connectivity index (χ3v) is 13.2. The summed E-state index contributed by atoms with van der Waals surface area (Å²) in [7, 11) is 0. The summed E-state index contributed by atoms with van der Waals surface area (Å²) in [5.41, 5.74) is -0.880. The van der Waals surface area contributed by atoms with Crippen LogP contribution in [0.1, 0.15) is 56.2 Å². The molecule has 0 aliphatic carbocycles. The number of amides is 1. The quantitative estimate of drug-likeness (QED) is 0.134. The fraction of sp³-hybridized carbons (Fsp3) is 0.128. The molecule has 2 unspecified atom stereocenters. The first-order chi connectivity index (χ1) is 27.9. The number of nitrogens with one attached hydrogen (secondary N) is 1. The van der Waals surface area contributed by atoms with E-state index in [9.17, 15) is 41.4 Å². The summed E-state index contributed by atoms with van der Waals surface area (Å²) < 4.78 is 82.6. The van der Waals surface area contributed by atoms with E-state index in [1.807, 2.05) is 54.6 Å². The SMILES string of the molecule is CC(O)(c1cccc(C(F)(F)F)c1)c1cc2cccc(-c3cccc(NC(=O)c4cccc(-c5cccc6cc(C(C)(O)c7cccc(C(F)(F)F)c7)sc56)c4)c3)c2s1. The minimum absolute atomic E-state index is 0.113. The third kappa shape index (κ3) is 7.76. The minimum atomic E-state index is -4.56. The Hall–Kier alpha value is -5.79. The third-order valence-electron chi connectivity index (χ3n) is 10.4. The van der Waals surface area contributed by atoms with Gasteiger partial charge in [-0.1, -0.05) is 84.9 Å². The molecule has 0 aliphatic heterocycles. The van der Waals surface area contributed by atoms with Crippen molar-refractivity contribution < 1.29 is 41.4 Å². The molecule has 4 nitrogen and oxygen atoms in total. The molecule has 0 saturated heterocycles. The maximum atomic E-state index is 13.7. The van der Waals surface area contributed by atoms with Crippen LogP contribution in [0.2, 0.25) is 0 Å². The van der Waals surface area contributed by atoms with E-state index >= 15 is 0 Å². The van der Waals surface area contributed by atoms with Gasteiger partial charge in [-0.05, 0) is 119 Å². The monoisotopic (exact) mass is 837 g/mol. The second-order valence-electron chi connectivity index (χ2n) is 14.6. The zero-order chi connectivity index (χ0) is 41.9. The number of hydrogen-bond acceptors (Lipinski definition) is 5. The number of carbonyl (C=O) groups excluding carboxylic acids is 1. The summed E-state index contributed by atoms with van der Waals surface area (Å²) in [5, 5.41) is 27.7. The smallest absolute Gasteiger partial charge is 0.380 e. The number of anilines is 1. The molecule has 0 aliphatic rings. The summed E-state index contributed by atoms with van der Waals surface area (Å²) in [6, 6.07) is 38.4. The first-order valence-corrected chi connectivity index (χ1v) is 19.9. The van der Waals surface area contributed by atoms with Crippen molar-refractivity contribution >= 4 is 54.4 Å². The Morgan fingerprint density at radius 3 is 1.42 bits per heavy atom. The van der Waals surface area contributed by atoms with Crippen LogP contribution >= 0.6 is 22.7 Å². The number of hydrogen-bond donors (Lipinski definition) is 3. The van der Waals surface area contributed by atoms with Crippen LogP contribution in [0.5, 0.6) is 0 Å². The van der Waals surface area contributed by atoms with Gasteiger partial charge in [0.1, 0.15) is 11.2 Å². The van der Waals surface area contributed by atoms with E-state index in [0.29, 0.717) is 21.0 Å². The van der Waals surface area contributed by atoms with Gasteiger partial charge in [0.2, 0.25) is 0 Å². The molecule has 6 aromatic carbocycles.